The predicted octanol–water partition coefficient (Wildman–Crippen LogP) is 3.53. The van der Waals surface area contributed by atoms with Crippen LogP contribution < -0.4 is 4.74 Å². The molecule has 0 aliphatic rings. The lowest BCUT2D eigenvalue weighted by atomic mass is 10.2. The molecule has 0 amide bonds. The van der Waals surface area contributed by atoms with E-state index in [9.17, 15) is 13.2 Å². The van der Waals surface area contributed by atoms with Gasteiger partial charge in [-0.15, -0.1) is 13.2 Å². The Morgan fingerprint density at radius 2 is 2.07 bits per heavy atom. The molecule has 0 spiro atoms. The summed E-state index contributed by atoms with van der Waals surface area (Å²) in [4.78, 5) is 0. The zero-order valence-corrected chi connectivity index (χ0v) is 8.55. The first-order valence-electron chi connectivity index (χ1n) is 4.14. The van der Waals surface area contributed by atoms with Gasteiger partial charge in [0.25, 0.3) is 0 Å². The highest BCUT2D eigenvalue weighted by atomic mass is 32.1. The van der Waals surface area contributed by atoms with Crippen molar-refractivity contribution in [3.05, 3.63) is 35.9 Å². The number of rotatable bonds is 3. The number of thiol groups is 1. The van der Waals surface area contributed by atoms with Crippen LogP contribution in [0.4, 0.5) is 13.2 Å². The third kappa shape index (κ3) is 4.78. The van der Waals surface area contributed by atoms with Crippen molar-refractivity contribution in [3.8, 4) is 5.75 Å². The average Bonchev–Trinajstić information content (AvgIpc) is 2.12. The van der Waals surface area contributed by atoms with E-state index in [4.69, 9.17) is 0 Å². The van der Waals surface area contributed by atoms with Crippen LogP contribution in [0.15, 0.2) is 30.3 Å². The van der Waals surface area contributed by atoms with E-state index in [1.165, 1.54) is 18.2 Å². The largest absolute Gasteiger partial charge is 0.573 e. The minimum Gasteiger partial charge on any atom is -0.406 e. The van der Waals surface area contributed by atoms with Gasteiger partial charge < -0.3 is 4.74 Å². The molecule has 0 unspecified atom stereocenters. The van der Waals surface area contributed by atoms with Crippen molar-refractivity contribution in [1.29, 1.82) is 0 Å². The zero-order chi connectivity index (χ0) is 11.3. The number of halogens is 3. The number of hydrogen-bond donors (Lipinski definition) is 1. The summed E-state index contributed by atoms with van der Waals surface area (Å²) in [7, 11) is 0. The molecule has 0 aromatic heterocycles. The van der Waals surface area contributed by atoms with Gasteiger partial charge in [0.2, 0.25) is 0 Å². The summed E-state index contributed by atoms with van der Waals surface area (Å²) in [5.74, 6) is 0.313. The quantitative estimate of drug-likeness (QED) is 0.787. The Labute approximate surface area is 91.0 Å². The van der Waals surface area contributed by atoms with Crippen LogP contribution in [0.3, 0.4) is 0 Å². The van der Waals surface area contributed by atoms with Crippen molar-refractivity contribution >= 4 is 18.7 Å². The molecule has 15 heavy (non-hydrogen) atoms. The molecule has 82 valence electrons. The lowest BCUT2D eigenvalue weighted by Crippen LogP contribution is -2.17. The second kappa shape index (κ2) is 5.11. The third-order valence-corrected chi connectivity index (χ3v) is 1.72. The SMILES string of the molecule is FC(F)(F)Oc1cccc(C=CCS)c1. The standard InChI is InChI=1S/C10H9F3OS/c11-10(12,13)14-9-5-1-3-8(7-9)4-2-6-15/h1-5,7,15H,6H2. The highest BCUT2D eigenvalue weighted by Gasteiger charge is 2.30. The maximum atomic E-state index is 11.9. The van der Waals surface area contributed by atoms with Crippen LogP contribution in [0.2, 0.25) is 0 Å². The van der Waals surface area contributed by atoms with E-state index in [1.54, 1.807) is 18.2 Å². The van der Waals surface area contributed by atoms with Crippen LogP contribution >= 0.6 is 12.6 Å². The normalized spacial score (nSPS) is 12.0. The van der Waals surface area contributed by atoms with Gasteiger partial charge in [-0.1, -0.05) is 24.3 Å². The van der Waals surface area contributed by atoms with Crippen LogP contribution in [0.25, 0.3) is 6.08 Å². The van der Waals surface area contributed by atoms with Crippen LogP contribution in [0.1, 0.15) is 5.56 Å². The number of hydrogen-bond acceptors (Lipinski definition) is 2. The molecule has 0 N–H and O–H groups in total. The van der Waals surface area contributed by atoms with E-state index in [-0.39, 0.29) is 5.75 Å². The van der Waals surface area contributed by atoms with E-state index in [2.05, 4.69) is 17.4 Å². The first-order chi connectivity index (χ1) is 7.01. The lowest BCUT2D eigenvalue weighted by molar-refractivity contribution is -0.274. The van der Waals surface area contributed by atoms with E-state index in [0.717, 1.165) is 0 Å². The van der Waals surface area contributed by atoms with Gasteiger partial charge in [-0.2, -0.15) is 12.6 Å². The Hall–Kier alpha value is -1.10. The maximum Gasteiger partial charge on any atom is 0.573 e. The molecule has 0 aliphatic heterocycles. The summed E-state index contributed by atoms with van der Waals surface area (Å²) in [6, 6.07) is 5.75. The fourth-order valence-electron chi connectivity index (χ4n) is 1.00. The van der Waals surface area contributed by atoms with Crippen molar-refractivity contribution in [2.24, 2.45) is 0 Å². The molecule has 0 radical (unpaired) electrons. The molecular weight excluding hydrogens is 225 g/mol. The van der Waals surface area contributed by atoms with Gasteiger partial charge in [0.15, 0.2) is 0 Å². The van der Waals surface area contributed by atoms with Gasteiger partial charge in [-0.3, -0.25) is 0 Å². The first kappa shape index (κ1) is 12.0. The monoisotopic (exact) mass is 234 g/mol. The third-order valence-electron chi connectivity index (χ3n) is 1.51. The Kier molecular flexibility index (Phi) is 4.08. The summed E-state index contributed by atoms with van der Waals surface area (Å²) in [6.07, 6.45) is -1.24. The zero-order valence-electron chi connectivity index (χ0n) is 7.66. The number of ether oxygens (including phenoxy) is 1. The topological polar surface area (TPSA) is 9.23 Å². The first-order valence-corrected chi connectivity index (χ1v) is 4.78. The Morgan fingerprint density at radius 1 is 1.33 bits per heavy atom. The summed E-state index contributed by atoms with van der Waals surface area (Å²) in [6.45, 7) is 0. The summed E-state index contributed by atoms with van der Waals surface area (Å²) < 4.78 is 39.4. The minimum absolute atomic E-state index is 0.219. The van der Waals surface area contributed by atoms with Crippen molar-refractivity contribution in [1.82, 2.24) is 0 Å². The van der Waals surface area contributed by atoms with Crippen LogP contribution in [0, 0.1) is 0 Å². The second-order valence-electron chi connectivity index (χ2n) is 2.71. The van der Waals surface area contributed by atoms with Gasteiger partial charge in [0.05, 0.1) is 0 Å². The van der Waals surface area contributed by atoms with Crippen LogP contribution in [0.5, 0.6) is 5.75 Å². The molecule has 1 aromatic rings. The molecule has 0 saturated heterocycles. The molecule has 1 aromatic carbocycles. The van der Waals surface area contributed by atoms with Crippen molar-refractivity contribution in [2.45, 2.75) is 6.36 Å². The van der Waals surface area contributed by atoms with Crippen molar-refractivity contribution in [2.75, 3.05) is 5.75 Å². The average molecular weight is 234 g/mol. The maximum absolute atomic E-state index is 11.9. The fourth-order valence-corrected chi connectivity index (χ4v) is 1.11. The summed E-state index contributed by atoms with van der Waals surface area (Å²) >= 11 is 3.95. The molecule has 0 bridgehead atoms. The summed E-state index contributed by atoms with van der Waals surface area (Å²) in [5, 5.41) is 0. The van der Waals surface area contributed by atoms with Crippen LogP contribution in [-0.2, 0) is 0 Å². The van der Waals surface area contributed by atoms with Gasteiger partial charge >= 0.3 is 6.36 Å². The number of benzene rings is 1. The van der Waals surface area contributed by atoms with Crippen LogP contribution in [-0.4, -0.2) is 12.1 Å². The van der Waals surface area contributed by atoms with E-state index >= 15 is 0 Å². The van der Waals surface area contributed by atoms with E-state index in [0.29, 0.717) is 11.3 Å². The van der Waals surface area contributed by atoms with Gasteiger partial charge in [0, 0.05) is 5.75 Å². The molecule has 0 atom stereocenters. The van der Waals surface area contributed by atoms with E-state index < -0.39 is 6.36 Å². The van der Waals surface area contributed by atoms with Crippen molar-refractivity contribution < 1.29 is 17.9 Å². The smallest absolute Gasteiger partial charge is 0.406 e. The molecule has 1 rings (SSSR count). The predicted molar refractivity (Wildman–Crippen MR) is 56.0 cm³/mol. The Balaban J connectivity index is 2.79. The molecule has 0 saturated carbocycles. The van der Waals surface area contributed by atoms with Crippen molar-refractivity contribution in [3.63, 3.8) is 0 Å². The molecule has 0 fully saturated rings. The highest BCUT2D eigenvalue weighted by Crippen LogP contribution is 2.23. The lowest BCUT2D eigenvalue weighted by Gasteiger charge is -2.08. The molecule has 0 aliphatic carbocycles. The van der Waals surface area contributed by atoms with Gasteiger partial charge in [-0.05, 0) is 17.7 Å². The number of alkyl halides is 3. The molecule has 1 nitrogen and oxygen atoms in total. The van der Waals surface area contributed by atoms with E-state index in [1.807, 2.05) is 0 Å². The molecule has 0 heterocycles. The molecular formula is C10H9F3OS. The Bertz CT molecular complexity index is 347. The molecule has 5 heteroatoms. The summed E-state index contributed by atoms with van der Waals surface area (Å²) in [5.41, 5.74) is 0.644. The van der Waals surface area contributed by atoms with Gasteiger partial charge in [0.1, 0.15) is 5.75 Å². The van der Waals surface area contributed by atoms with Gasteiger partial charge in [-0.25, -0.2) is 0 Å². The minimum atomic E-state index is -4.65. The highest BCUT2D eigenvalue weighted by molar-refractivity contribution is 7.80. The second-order valence-corrected chi connectivity index (χ2v) is 3.07. The Morgan fingerprint density at radius 3 is 2.67 bits per heavy atom. The fraction of sp³-hybridized carbons (Fsp3) is 0.200.